The van der Waals surface area contributed by atoms with Crippen LogP contribution in [0, 0.1) is 22.7 Å². The zero-order valence-electron chi connectivity index (χ0n) is 16.3. The van der Waals surface area contributed by atoms with E-state index in [0.29, 0.717) is 17.3 Å². The minimum absolute atomic E-state index is 0.306. The molecule has 4 N–H and O–H groups in total. The van der Waals surface area contributed by atoms with E-state index in [1.54, 1.807) is 0 Å². The van der Waals surface area contributed by atoms with Crippen molar-refractivity contribution in [1.29, 1.82) is 5.41 Å². The normalized spacial score (nSPS) is 24.8. The number of likely N-dealkylation sites (N-methyl/N-ethyl adjacent to an activating group) is 2. The minimum Gasteiger partial charge on any atom is -0.402 e. The van der Waals surface area contributed by atoms with Crippen LogP contribution in [-0.2, 0) is 4.74 Å². The number of nitrogens with two attached hydrogens (primary N) is 1. The van der Waals surface area contributed by atoms with Crippen molar-refractivity contribution in [3.8, 4) is 0 Å². The van der Waals surface area contributed by atoms with Crippen molar-refractivity contribution in [1.82, 2.24) is 10.2 Å². The predicted octanol–water partition coefficient (Wildman–Crippen LogP) is 2.48. The van der Waals surface area contributed by atoms with Gasteiger partial charge in [0.15, 0.2) is 0 Å². The van der Waals surface area contributed by atoms with Gasteiger partial charge in [-0.2, -0.15) is 0 Å². The van der Waals surface area contributed by atoms with Gasteiger partial charge in [-0.25, -0.2) is 0 Å². The first-order valence-electron chi connectivity index (χ1n) is 9.25. The van der Waals surface area contributed by atoms with Gasteiger partial charge in [-0.1, -0.05) is 13.8 Å². The Morgan fingerprint density at radius 2 is 2.17 bits per heavy atom. The summed E-state index contributed by atoms with van der Waals surface area (Å²) in [6.07, 6.45) is 4.79. The summed E-state index contributed by atoms with van der Waals surface area (Å²) in [7, 11) is 4.04. The predicted molar refractivity (Wildman–Crippen MR) is 103 cm³/mol. The Balaban J connectivity index is 2.78. The van der Waals surface area contributed by atoms with Gasteiger partial charge in [0.1, 0.15) is 0 Å². The van der Waals surface area contributed by atoms with E-state index in [-0.39, 0.29) is 0 Å². The van der Waals surface area contributed by atoms with Crippen LogP contribution in [0.4, 0.5) is 0 Å². The molecule has 1 rings (SSSR count). The molecule has 1 saturated carbocycles. The highest BCUT2D eigenvalue weighted by Crippen LogP contribution is 2.44. The van der Waals surface area contributed by atoms with Gasteiger partial charge in [0, 0.05) is 50.3 Å². The molecule has 1 fully saturated rings. The Morgan fingerprint density at radius 1 is 1.46 bits per heavy atom. The van der Waals surface area contributed by atoms with Gasteiger partial charge < -0.3 is 26.1 Å². The summed E-state index contributed by atoms with van der Waals surface area (Å²) in [4.78, 5) is 2.22. The van der Waals surface area contributed by atoms with Gasteiger partial charge in [-0.15, -0.1) is 0 Å². The van der Waals surface area contributed by atoms with Crippen LogP contribution in [0.2, 0.25) is 0 Å². The highest BCUT2D eigenvalue weighted by atomic mass is 16.5. The average Bonchev–Trinajstić information content (AvgIpc) is 2.56. The van der Waals surface area contributed by atoms with Crippen LogP contribution < -0.4 is 11.1 Å². The smallest absolute Gasteiger partial charge is 0.0499 e. The summed E-state index contributed by atoms with van der Waals surface area (Å²) in [6.45, 7) is 11.0. The van der Waals surface area contributed by atoms with Crippen LogP contribution in [0.5, 0.6) is 0 Å². The summed E-state index contributed by atoms with van der Waals surface area (Å²) in [6, 6.07) is 0. The van der Waals surface area contributed by atoms with Gasteiger partial charge in [0.2, 0.25) is 0 Å². The third-order valence-electron chi connectivity index (χ3n) is 5.50. The molecule has 1 aliphatic rings. The van der Waals surface area contributed by atoms with Crippen molar-refractivity contribution in [2.45, 2.75) is 40.0 Å². The van der Waals surface area contributed by atoms with Crippen LogP contribution in [0.15, 0.2) is 11.3 Å². The number of ether oxygens (including phenoxy) is 1. The summed E-state index contributed by atoms with van der Waals surface area (Å²) < 4.78 is 5.72. The van der Waals surface area contributed by atoms with Crippen LogP contribution in [0.1, 0.15) is 40.0 Å². The second-order valence-electron chi connectivity index (χ2n) is 7.78. The third-order valence-corrected chi connectivity index (χ3v) is 5.50. The lowest BCUT2D eigenvalue weighted by Crippen LogP contribution is -2.37. The minimum atomic E-state index is 0.306. The Hall–Kier alpha value is -0.910. The number of allylic oxidation sites excluding steroid dienone is 1. The summed E-state index contributed by atoms with van der Waals surface area (Å²) in [5, 5.41) is 10.9. The van der Waals surface area contributed by atoms with Crippen LogP contribution in [0.25, 0.3) is 0 Å². The maximum atomic E-state index is 7.79. The van der Waals surface area contributed by atoms with Crippen molar-refractivity contribution in [3.63, 3.8) is 0 Å². The molecule has 0 radical (unpaired) electrons. The number of nitrogens with zero attached hydrogens (tertiary/aromatic N) is 1. The summed E-state index contributed by atoms with van der Waals surface area (Å²) in [5.74, 6) is 0.904. The van der Waals surface area contributed by atoms with E-state index in [2.05, 4.69) is 38.0 Å². The monoisotopic (exact) mass is 338 g/mol. The van der Waals surface area contributed by atoms with Crippen molar-refractivity contribution in [2.24, 2.45) is 23.0 Å². The quantitative estimate of drug-likeness (QED) is 0.535. The number of hydrogen-bond acceptors (Lipinski definition) is 5. The number of nitrogens with one attached hydrogen (secondary N) is 2. The van der Waals surface area contributed by atoms with Gasteiger partial charge in [-0.3, -0.25) is 0 Å². The van der Waals surface area contributed by atoms with Gasteiger partial charge >= 0.3 is 0 Å². The molecule has 140 valence electrons. The van der Waals surface area contributed by atoms with Gasteiger partial charge in [0.05, 0.1) is 0 Å². The van der Waals surface area contributed by atoms with Gasteiger partial charge in [0.25, 0.3) is 0 Å². The molecule has 1 aliphatic carbocycles. The van der Waals surface area contributed by atoms with E-state index in [9.17, 15) is 0 Å². The molecule has 0 aromatic rings. The first-order chi connectivity index (χ1) is 11.4. The molecule has 5 heteroatoms. The molecule has 2 atom stereocenters. The molecule has 0 spiro atoms. The van der Waals surface area contributed by atoms with Crippen molar-refractivity contribution >= 4 is 6.21 Å². The first-order valence-corrected chi connectivity index (χ1v) is 9.25. The van der Waals surface area contributed by atoms with Crippen LogP contribution in [0.3, 0.4) is 0 Å². The fraction of sp³-hybridized carbons (Fsp3) is 0.842. The molecule has 24 heavy (non-hydrogen) atoms. The van der Waals surface area contributed by atoms with Crippen molar-refractivity contribution in [3.05, 3.63) is 11.3 Å². The highest BCUT2D eigenvalue weighted by Gasteiger charge is 2.37. The number of hydrogen-bond donors (Lipinski definition) is 3. The lowest BCUT2D eigenvalue weighted by Gasteiger charge is -2.42. The molecule has 0 aromatic carbocycles. The van der Waals surface area contributed by atoms with E-state index in [1.165, 1.54) is 6.21 Å². The van der Waals surface area contributed by atoms with Crippen LogP contribution >= 0.6 is 0 Å². The molecule has 0 heterocycles. The standard InChI is InChI=1S/C19H38N4O/c1-6-24-14-17-11-15(7-8-19(17,2)3)18(21)16(12-20)13-23(5)10-9-22-4/h12,15,17,20,22H,6-11,13-14,21H2,1-5H3. The number of rotatable bonds is 10. The molecule has 5 nitrogen and oxygen atoms in total. The molecule has 0 aromatic heterocycles. The van der Waals surface area contributed by atoms with E-state index in [0.717, 1.165) is 63.4 Å². The summed E-state index contributed by atoms with van der Waals surface area (Å²) >= 11 is 0. The maximum Gasteiger partial charge on any atom is 0.0499 e. The van der Waals surface area contributed by atoms with E-state index < -0.39 is 0 Å². The third kappa shape index (κ3) is 6.19. The average molecular weight is 339 g/mol. The lowest BCUT2D eigenvalue weighted by atomic mass is 9.65. The molecule has 0 bridgehead atoms. The molecule has 0 saturated heterocycles. The van der Waals surface area contributed by atoms with Crippen LogP contribution in [-0.4, -0.2) is 58.1 Å². The topological polar surface area (TPSA) is 74.4 Å². The molecule has 2 unspecified atom stereocenters. The molecule has 0 aliphatic heterocycles. The van der Waals surface area contributed by atoms with Crippen molar-refractivity contribution < 1.29 is 4.74 Å². The fourth-order valence-corrected chi connectivity index (χ4v) is 3.52. The Labute approximate surface area is 148 Å². The van der Waals surface area contributed by atoms with Gasteiger partial charge in [-0.05, 0) is 57.5 Å². The zero-order valence-corrected chi connectivity index (χ0v) is 16.3. The largest absolute Gasteiger partial charge is 0.402 e. The Kier molecular flexibility index (Phi) is 8.95. The Morgan fingerprint density at radius 3 is 2.75 bits per heavy atom. The fourth-order valence-electron chi connectivity index (χ4n) is 3.52. The van der Waals surface area contributed by atoms with E-state index >= 15 is 0 Å². The second kappa shape index (κ2) is 10.2. The lowest BCUT2D eigenvalue weighted by molar-refractivity contribution is 0.0170. The van der Waals surface area contributed by atoms with E-state index in [1.807, 2.05) is 7.05 Å². The van der Waals surface area contributed by atoms with E-state index in [4.69, 9.17) is 15.9 Å². The van der Waals surface area contributed by atoms with Crippen molar-refractivity contribution in [2.75, 3.05) is 46.9 Å². The second-order valence-corrected chi connectivity index (χ2v) is 7.78. The zero-order chi connectivity index (χ0) is 18.2. The molecular weight excluding hydrogens is 300 g/mol. The summed E-state index contributed by atoms with van der Waals surface area (Å²) in [5.41, 5.74) is 8.69. The molecule has 0 amide bonds. The first kappa shape index (κ1) is 21.1. The maximum absolute atomic E-state index is 7.79. The highest BCUT2D eigenvalue weighted by molar-refractivity contribution is 5.77. The SMILES string of the molecule is CCOCC1CC(C(N)=C(C=N)CN(C)CCNC)CCC1(C)C. The Bertz CT molecular complexity index is 420. The molecular formula is C19H38N4O.